The molecule has 0 spiro atoms. The van der Waals surface area contributed by atoms with Gasteiger partial charge in [-0.2, -0.15) is 0 Å². The van der Waals surface area contributed by atoms with Crippen molar-refractivity contribution in [2.45, 2.75) is 19.9 Å². The summed E-state index contributed by atoms with van der Waals surface area (Å²) < 4.78 is 0. The summed E-state index contributed by atoms with van der Waals surface area (Å²) in [4.78, 5) is 16.8. The lowest BCUT2D eigenvalue weighted by Gasteiger charge is -2.20. The molecule has 0 radical (unpaired) electrons. The molecule has 0 fully saturated rings. The minimum Gasteiger partial charge on any atom is -0.370 e. The van der Waals surface area contributed by atoms with Gasteiger partial charge >= 0.3 is 0 Å². The molecule has 5 heteroatoms. The quantitative estimate of drug-likeness (QED) is 0.456. The minimum absolute atomic E-state index is 0.00843. The first-order valence-corrected chi connectivity index (χ1v) is 4.26. The average molecular weight is 186 g/mol. The zero-order chi connectivity index (χ0) is 10.4. The highest BCUT2D eigenvalue weighted by Crippen LogP contribution is 1.90. The van der Waals surface area contributed by atoms with Gasteiger partial charge in [-0.15, -0.1) is 0 Å². The van der Waals surface area contributed by atoms with E-state index >= 15 is 0 Å². The van der Waals surface area contributed by atoms with Crippen molar-refractivity contribution in [1.29, 1.82) is 0 Å². The van der Waals surface area contributed by atoms with Crippen LogP contribution in [0.1, 0.15) is 13.8 Å². The van der Waals surface area contributed by atoms with Gasteiger partial charge in [-0.05, 0) is 13.8 Å². The third kappa shape index (κ3) is 3.78. The van der Waals surface area contributed by atoms with E-state index in [1.807, 2.05) is 6.92 Å². The number of likely N-dealkylation sites (N-methyl/N-ethyl adjacent to an activating group) is 1. The zero-order valence-electron chi connectivity index (χ0n) is 8.66. The molecule has 0 aliphatic heterocycles. The van der Waals surface area contributed by atoms with Crippen LogP contribution in [0.4, 0.5) is 0 Å². The van der Waals surface area contributed by atoms with Crippen molar-refractivity contribution in [1.82, 2.24) is 10.2 Å². The van der Waals surface area contributed by atoms with Crippen LogP contribution in [0.15, 0.2) is 4.99 Å². The second kappa shape index (κ2) is 5.40. The number of aliphatic imine (C=N–C) groups is 1. The van der Waals surface area contributed by atoms with Crippen molar-refractivity contribution in [3.05, 3.63) is 0 Å². The Kier molecular flexibility index (Phi) is 4.87. The van der Waals surface area contributed by atoms with Gasteiger partial charge in [0, 0.05) is 20.6 Å². The second-order valence-electron chi connectivity index (χ2n) is 2.83. The fourth-order valence-corrected chi connectivity index (χ4v) is 0.835. The highest BCUT2D eigenvalue weighted by molar-refractivity contribution is 5.87. The van der Waals surface area contributed by atoms with Crippen LogP contribution in [-0.4, -0.2) is 43.4 Å². The van der Waals surface area contributed by atoms with E-state index in [4.69, 9.17) is 5.73 Å². The van der Waals surface area contributed by atoms with E-state index in [-0.39, 0.29) is 17.9 Å². The molecule has 0 saturated carbocycles. The van der Waals surface area contributed by atoms with Gasteiger partial charge in [0.25, 0.3) is 0 Å². The molecule has 13 heavy (non-hydrogen) atoms. The molecule has 1 atom stereocenters. The zero-order valence-corrected chi connectivity index (χ0v) is 8.66. The average Bonchev–Trinajstić information content (AvgIpc) is 2.14. The number of carbonyl (C=O) groups is 1. The summed E-state index contributed by atoms with van der Waals surface area (Å²) in [6.07, 6.45) is 0. The summed E-state index contributed by atoms with van der Waals surface area (Å²) in [7, 11) is 3.32. The molecule has 0 aliphatic rings. The molecule has 0 aliphatic carbocycles. The van der Waals surface area contributed by atoms with Gasteiger partial charge in [0.1, 0.15) is 6.04 Å². The number of nitrogens with one attached hydrogen (secondary N) is 1. The Morgan fingerprint density at radius 2 is 2.23 bits per heavy atom. The predicted molar refractivity (Wildman–Crippen MR) is 53.5 cm³/mol. The Bertz CT molecular complexity index is 202. The number of guanidine groups is 1. The summed E-state index contributed by atoms with van der Waals surface area (Å²) in [6, 6.07) is -0.325. The minimum atomic E-state index is -0.325. The summed E-state index contributed by atoms with van der Waals surface area (Å²) in [6.45, 7) is 4.36. The van der Waals surface area contributed by atoms with Crippen molar-refractivity contribution in [3.63, 3.8) is 0 Å². The Morgan fingerprint density at radius 1 is 1.69 bits per heavy atom. The second-order valence-corrected chi connectivity index (χ2v) is 2.83. The van der Waals surface area contributed by atoms with E-state index in [2.05, 4.69) is 10.3 Å². The summed E-state index contributed by atoms with van der Waals surface area (Å²) in [5.74, 6) is 0.291. The molecule has 0 bridgehead atoms. The lowest BCUT2D eigenvalue weighted by Crippen LogP contribution is -2.47. The van der Waals surface area contributed by atoms with Gasteiger partial charge in [0.2, 0.25) is 5.91 Å². The van der Waals surface area contributed by atoms with E-state index in [0.717, 1.165) is 0 Å². The summed E-state index contributed by atoms with van der Waals surface area (Å²) >= 11 is 0. The molecule has 5 nitrogen and oxygen atoms in total. The monoisotopic (exact) mass is 186 g/mol. The Labute approximate surface area is 79.0 Å². The third-order valence-electron chi connectivity index (χ3n) is 1.83. The van der Waals surface area contributed by atoms with E-state index in [1.54, 1.807) is 25.9 Å². The van der Waals surface area contributed by atoms with Crippen LogP contribution < -0.4 is 11.1 Å². The van der Waals surface area contributed by atoms with Crippen LogP contribution >= 0.6 is 0 Å². The highest BCUT2D eigenvalue weighted by Gasteiger charge is 2.15. The summed E-state index contributed by atoms with van der Waals surface area (Å²) in [5, 5.41) is 2.78. The maximum atomic E-state index is 11.5. The standard InChI is InChI=1S/C8H18N4O/c1-5-12(4)7(13)6(2)11-8(9)10-3/h6H,5H2,1-4H3,(H3,9,10,11). The number of carbonyl (C=O) groups excluding carboxylic acids is 1. The number of nitrogens with two attached hydrogens (primary N) is 1. The van der Waals surface area contributed by atoms with Gasteiger partial charge in [0.15, 0.2) is 5.96 Å². The maximum absolute atomic E-state index is 11.5. The van der Waals surface area contributed by atoms with E-state index in [9.17, 15) is 4.79 Å². The van der Waals surface area contributed by atoms with Crippen LogP contribution in [-0.2, 0) is 4.79 Å². The molecular weight excluding hydrogens is 168 g/mol. The molecule has 1 unspecified atom stereocenters. The molecule has 0 rings (SSSR count). The van der Waals surface area contributed by atoms with E-state index in [0.29, 0.717) is 6.54 Å². The van der Waals surface area contributed by atoms with Crippen LogP contribution in [0.5, 0.6) is 0 Å². The summed E-state index contributed by atoms with van der Waals surface area (Å²) in [5.41, 5.74) is 5.42. The molecule has 0 heterocycles. The molecule has 0 aromatic heterocycles. The van der Waals surface area contributed by atoms with Gasteiger partial charge in [-0.1, -0.05) is 0 Å². The van der Waals surface area contributed by atoms with Gasteiger partial charge in [0.05, 0.1) is 0 Å². The molecule has 0 saturated heterocycles. The van der Waals surface area contributed by atoms with Crippen LogP contribution in [0, 0.1) is 0 Å². The number of hydrogen-bond donors (Lipinski definition) is 2. The van der Waals surface area contributed by atoms with E-state index in [1.165, 1.54) is 0 Å². The molecule has 0 aromatic rings. The SMILES string of the molecule is CCN(C)C(=O)C(C)NC(N)=NC. The topological polar surface area (TPSA) is 70.7 Å². The maximum Gasteiger partial charge on any atom is 0.244 e. The smallest absolute Gasteiger partial charge is 0.244 e. The Morgan fingerprint density at radius 3 is 2.62 bits per heavy atom. The van der Waals surface area contributed by atoms with Crippen molar-refractivity contribution >= 4 is 11.9 Å². The Balaban J connectivity index is 4.11. The predicted octanol–water partition coefficient (Wildman–Crippen LogP) is -0.613. The van der Waals surface area contributed by atoms with Gasteiger partial charge < -0.3 is 16.0 Å². The van der Waals surface area contributed by atoms with Crippen LogP contribution in [0.2, 0.25) is 0 Å². The van der Waals surface area contributed by atoms with Crippen LogP contribution in [0.3, 0.4) is 0 Å². The normalized spacial score (nSPS) is 13.7. The lowest BCUT2D eigenvalue weighted by molar-refractivity contribution is -0.131. The highest BCUT2D eigenvalue weighted by atomic mass is 16.2. The van der Waals surface area contributed by atoms with E-state index < -0.39 is 0 Å². The van der Waals surface area contributed by atoms with Crippen molar-refractivity contribution in [2.75, 3.05) is 20.6 Å². The molecule has 76 valence electrons. The third-order valence-corrected chi connectivity index (χ3v) is 1.83. The number of rotatable bonds is 3. The largest absolute Gasteiger partial charge is 0.370 e. The molecular formula is C8H18N4O. The van der Waals surface area contributed by atoms with Crippen molar-refractivity contribution < 1.29 is 4.79 Å². The number of hydrogen-bond acceptors (Lipinski definition) is 2. The van der Waals surface area contributed by atoms with Gasteiger partial charge in [-0.3, -0.25) is 9.79 Å². The fraction of sp³-hybridized carbons (Fsp3) is 0.750. The van der Waals surface area contributed by atoms with Crippen LogP contribution in [0.25, 0.3) is 0 Å². The van der Waals surface area contributed by atoms with Crippen molar-refractivity contribution in [2.24, 2.45) is 10.7 Å². The fourth-order valence-electron chi connectivity index (χ4n) is 0.835. The first kappa shape index (κ1) is 11.7. The number of nitrogens with zero attached hydrogens (tertiary/aromatic N) is 2. The first-order chi connectivity index (χ1) is 6.02. The number of amides is 1. The molecule has 1 amide bonds. The molecule has 0 aromatic carbocycles. The molecule has 3 N–H and O–H groups in total. The Hall–Kier alpha value is -1.26. The first-order valence-electron chi connectivity index (χ1n) is 4.26. The van der Waals surface area contributed by atoms with Crippen molar-refractivity contribution in [3.8, 4) is 0 Å². The van der Waals surface area contributed by atoms with Gasteiger partial charge in [-0.25, -0.2) is 0 Å². The lowest BCUT2D eigenvalue weighted by atomic mass is 10.3.